The summed E-state index contributed by atoms with van der Waals surface area (Å²) in [6, 6.07) is 8.36. The molecule has 0 atom stereocenters. The fourth-order valence-electron chi connectivity index (χ4n) is 2.07. The Bertz CT molecular complexity index is 286. The topological polar surface area (TPSA) is 9.23 Å². The molecule has 1 nitrogen and oxygen atoms in total. The van der Waals surface area contributed by atoms with Gasteiger partial charge in [0.2, 0.25) is 0 Å². The molecule has 1 aromatic carbocycles. The lowest BCUT2D eigenvalue weighted by Gasteiger charge is -2.16. The second-order valence-corrected chi connectivity index (χ2v) is 5.43. The van der Waals surface area contributed by atoms with Crippen molar-refractivity contribution in [1.82, 2.24) is 0 Å². The van der Waals surface area contributed by atoms with Crippen LogP contribution in [0.5, 0.6) is 5.75 Å². The molecule has 0 saturated heterocycles. The normalized spacial score (nSPS) is 18.5. The highest BCUT2D eigenvalue weighted by Gasteiger charge is 2.13. The van der Waals surface area contributed by atoms with Gasteiger partial charge < -0.3 is 4.74 Å². The number of hydrogen-bond acceptors (Lipinski definition) is 1. The molecule has 0 aliphatic heterocycles. The fraction of sp³-hybridized carbons (Fsp3) is 0.538. The number of rotatable bonds is 2. The van der Waals surface area contributed by atoms with Gasteiger partial charge in [-0.1, -0.05) is 12.8 Å². The molecule has 1 aliphatic rings. The molecule has 0 unspecified atom stereocenters. The first-order chi connectivity index (χ1) is 7.34. The third kappa shape index (κ3) is 3.67. The van der Waals surface area contributed by atoms with Crippen LogP contribution in [-0.2, 0) is 0 Å². The van der Waals surface area contributed by atoms with Crippen molar-refractivity contribution in [3.63, 3.8) is 0 Å². The Morgan fingerprint density at radius 2 is 1.53 bits per heavy atom. The lowest BCUT2D eigenvalue weighted by atomic mass is 10.1. The SMILES string of the molecule is Ic1ccc(OC2CCCCCC2)cc1. The van der Waals surface area contributed by atoms with Crippen molar-refractivity contribution in [2.45, 2.75) is 44.6 Å². The van der Waals surface area contributed by atoms with Crippen molar-refractivity contribution in [2.24, 2.45) is 0 Å². The molecule has 2 rings (SSSR count). The van der Waals surface area contributed by atoms with E-state index in [0.29, 0.717) is 6.10 Å². The zero-order valence-electron chi connectivity index (χ0n) is 8.92. The van der Waals surface area contributed by atoms with Gasteiger partial charge in [0, 0.05) is 3.57 Å². The maximum absolute atomic E-state index is 5.99. The maximum Gasteiger partial charge on any atom is 0.119 e. The molecule has 1 aliphatic carbocycles. The van der Waals surface area contributed by atoms with Gasteiger partial charge in [0.25, 0.3) is 0 Å². The average Bonchev–Trinajstić information content (AvgIpc) is 2.50. The van der Waals surface area contributed by atoms with E-state index in [-0.39, 0.29) is 0 Å². The largest absolute Gasteiger partial charge is 0.490 e. The molecule has 0 bridgehead atoms. The van der Waals surface area contributed by atoms with Crippen LogP contribution in [-0.4, -0.2) is 6.10 Å². The second-order valence-electron chi connectivity index (χ2n) is 4.19. The standard InChI is InChI=1S/C13H17IO/c14-11-7-9-13(10-8-11)15-12-5-3-1-2-4-6-12/h7-10,12H,1-6H2. The van der Waals surface area contributed by atoms with Crippen molar-refractivity contribution < 1.29 is 4.74 Å². The van der Waals surface area contributed by atoms with E-state index in [2.05, 4.69) is 46.9 Å². The van der Waals surface area contributed by atoms with E-state index in [9.17, 15) is 0 Å². The van der Waals surface area contributed by atoms with Gasteiger partial charge in [-0.3, -0.25) is 0 Å². The summed E-state index contributed by atoms with van der Waals surface area (Å²) in [6.45, 7) is 0. The second kappa shape index (κ2) is 5.73. The molecule has 15 heavy (non-hydrogen) atoms. The Morgan fingerprint density at radius 1 is 0.933 bits per heavy atom. The number of benzene rings is 1. The van der Waals surface area contributed by atoms with Gasteiger partial charge >= 0.3 is 0 Å². The van der Waals surface area contributed by atoms with Crippen molar-refractivity contribution in [3.8, 4) is 5.75 Å². The molecule has 2 heteroatoms. The monoisotopic (exact) mass is 316 g/mol. The summed E-state index contributed by atoms with van der Waals surface area (Å²) in [6.07, 6.45) is 8.33. The number of hydrogen-bond donors (Lipinski definition) is 0. The molecule has 1 saturated carbocycles. The first kappa shape index (κ1) is 11.2. The van der Waals surface area contributed by atoms with Gasteiger partial charge in [-0.2, -0.15) is 0 Å². The predicted octanol–water partition coefficient (Wildman–Crippen LogP) is 4.39. The first-order valence-corrected chi connectivity index (χ1v) is 6.85. The Hall–Kier alpha value is -0.250. The van der Waals surface area contributed by atoms with Crippen LogP contribution in [0.25, 0.3) is 0 Å². The summed E-state index contributed by atoms with van der Waals surface area (Å²) in [5.41, 5.74) is 0. The quantitative estimate of drug-likeness (QED) is 0.581. The zero-order valence-corrected chi connectivity index (χ0v) is 11.1. The Labute approximate surface area is 105 Å². The molecule has 0 radical (unpaired) electrons. The lowest BCUT2D eigenvalue weighted by molar-refractivity contribution is 0.183. The zero-order chi connectivity index (χ0) is 10.5. The molecule has 0 amide bonds. The molecule has 1 fully saturated rings. The highest BCUT2D eigenvalue weighted by Crippen LogP contribution is 2.23. The van der Waals surface area contributed by atoms with Gasteiger partial charge in [0.1, 0.15) is 5.75 Å². The van der Waals surface area contributed by atoms with Gasteiger partial charge in [0.05, 0.1) is 6.10 Å². The Balaban J connectivity index is 1.92. The summed E-state index contributed by atoms with van der Waals surface area (Å²) in [4.78, 5) is 0. The predicted molar refractivity (Wildman–Crippen MR) is 71.3 cm³/mol. The van der Waals surface area contributed by atoms with Crippen LogP contribution in [0.15, 0.2) is 24.3 Å². The minimum absolute atomic E-state index is 0.451. The Kier molecular flexibility index (Phi) is 4.29. The number of ether oxygens (including phenoxy) is 1. The lowest BCUT2D eigenvalue weighted by Crippen LogP contribution is -2.14. The van der Waals surface area contributed by atoms with E-state index < -0.39 is 0 Å². The van der Waals surface area contributed by atoms with E-state index in [4.69, 9.17) is 4.74 Å². The van der Waals surface area contributed by atoms with Crippen LogP contribution >= 0.6 is 22.6 Å². The molecule has 82 valence electrons. The first-order valence-electron chi connectivity index (χ1n) is 5.77. The summed E-state index contributed by atoms with van der Waals surface area (Å²) in [5.74, 6) is 1.03. The molecular formula is C13H17IO. The van der Waals surface area contributed by atoms with Crippen molar-refractivity contribution in [1.29, 1.82) is 0 Å². The van der Waals surface area contributed by atoms with Crippen LogP contribution in [0.1, 0.15) is 38.5 Å². The highest BCUT2D eigenvalue weighted by molar-refractivity contribution is 14.1. The van der Waals surface area contributed by atoms with E-state index in [1.54, 1.807) is 0 Å². The molecule has 0 aromatic heterocycles. The van der Waals surface area contributed by atoms with Crippen LogP contribution in [0.3, 0.4) is 0 Å². The average molecular weight is 316 g/mol. The maximum atomic E-state index is 5.99. The highest BCUT2D eigenvalue weighted by atomic mass is 127. The third-order valence-electron chi connectivity index (χ3n) is 2.92. The van der Waals surface area contributed by atoms with Crippen LogP contribution in [0, 0.1) is 3.57 Å². The number of halogens is 1. The van der Waals surface area contributed by atoms with Crippen molar-refractivity contribution >= 4 is 22.6 Å². The van der Waals surface area contributed by atoms with E-state index in [1.807, 2.05) is 0 Å². The summed E-state index contributed by atoms with van der Waals surface area (Å²) in [5, 5.41) is 0. The fourth-order valence-corrected chi connectivity index (χ4v) is 2.42. The van der Waals surface area contributed by atoms with E-state index in [1.165, 1.54) is 42.1 Å². The van der Waals surface area contributed by atoms with E-state index in [0.717, 1.165) is 5.75 Å². The summed E-state index contributed by atoms with van der Waals surface area (Å²) < 4.78 is 7.25. The molecular weight excluding hydrogens is 299 g/mol. The molecule has 0 N–H and O–H groups in total. The summed E-state index contributed by atoms with van der Waals surface area (Å²) >= 11 is 2.32. The summed E-state index contributed by atoms with van der Waals surface area (Å²) in [7, 11) is 0. The van der Waals surface area contributed by atoms with Crippen molar-refractivity contribution in [3.05, 3.63) is 27.8 Å². The minimum atomic E-state index is 0.451. The van der Waals surface area contributed by atoms with Crippen LogP contribution in [0.2, 0.25) is 0 Å². The third-order valence-corrected chi connectivity index (χ3v) is 3.64. The van der Waals surface area contributed by atoms with Crippen LogP contribution in [0.4, 0.5) is 0 Å². The van der Waals surface area contributed by atoms with E-state index >= 15 is 0 Å². The van der Waals surface area contributed by atoms with Gasteiger partial charge in [-0.25, -0.2) is 0 Å². The van der Waals surface area contributed by atoms with Gasteiger partial charge in [-0.05, 0) is 72.5 Å². The van der Waals surface area contributed by atoms with Crippen molar-refractivity contribution in [2.75, 3.05) is 0 Å². The minimum Gasteiger partial charge on any atom is -0.490 e. The van der Waals surface area contributed by atoms with Gasteiger partial charge in [-0.15, -0.1) is 0 Å². The van der Waals surface area contributed by atoms with Gasteiger partial charge in [0.15, 0.2) is 0 Å². The Morgan fingerprint density at radius 3 is 2.13 bits per heavy atom. The molecule has 1 aromatic rings. The molecule has 0 spiro atoms. The van der Waals surface area contributed by atoms with Crippen LogP contribution < -0.4 is 4.74 Å². The smallest absolute Gasteiger partial charge is 0.119 e. The molecule has 0 heterocycles.